The normalized spacial score (nSPS) is 20.2. The highest BCUT2D eigenvalue weighted by Gasteiger charge is 2.23. The summed E-state index contributed by atoms with van der Waals surface area (Å²) in [5.74, 6) is 0.794. The Morgan fingerprint density at radius 1 is 1.61 bits per heavy atom. The number of carbonyl (C=O) groups excluding carboxylic acids is 1. The smallest absolute Gasteiger partial charge is 0.407 e. The zero-order valence-electron chi connectivity index (χ0n) is 10.6. The highest BCUT2D eigenvalue weighted by molar-refractivity contribution is 5.69. The molecule has 1 aromatic carbocycles. The predicted octanol–water partition coefficient (Wildman–Crippen LogP) is 1.50. The summed E-state index contributed by atoms with van der Waals surface area (Å²) in [6.07, 6.45) is -0.599. The van der Waals surface area contributed by atoms with Crippen LogP contribution in [0.1, 0.15) is 24.1 Å². The molecule has 1 aliphatic rings. The summed E-state index contributed by atoms with van der Waals surface area (Å²) in [5.41, 5.74) is 7.92. The minimum Gasteiger partial charge on any atom is -0.489 e. The van der Waals surface area contributed by atoms with E-state index in [0.29, 0.717) is 13.2 Å². The number of ether oxygens (including phenoxy) is 2. The molecule has 5 nitrogen and oxygen atoms in total. The van der Waals surface area contributed by atoms with Crippen molar-refractivity contribution in [3.63, 3.8) is 0 Å². The Balaban J connectivity index is 1.95. The van der Waals surface area contributed by atoms with Crippen molar-refractivity contribution >= 4 is 6.09 Å². The van der Waals surface area contributed by atoms with Crippen molar-refractivity contribution in [1.29, 1.82) is 0 Å². The second kappa shape index (κ2) is 5.27. The van der Waals surface area contributed by atoms with Gasteiger partial charge >= 0.3 is 6.09 Å². The zero-order chi connectivity index (χ0) is 13.1. The largest absolute Gasteiger partial charge is 0.489 e. The molecule has 5 heteroatoms. The first-order chi connectivity index (χ1) is 8.56. The van der Waals surface area contributed by atoms with E-state index in [1.54, 1.807) is 0 Å². The molecule has 1 aliphatic heterocycles. The van der Waals surface area contributed by atoms with Gasteiger partial charge in [0.05, 0.1) is 6.54 Å². The summed E-state index contributed by atoms with van der Waals surface area (Å²) in [6, 6.07) is 5.88. The first-order valence-electron chi connectivity index (χ1n) is 5.99. The standard InChI is InChI=1S/C13H18N2O3/c1-8-5-10(9(2)14)3-4-12(8)17-7-11-6-15-13(16)18-11/h3-5,9,11H,6-7,14H2,1-2H3,(H,15,16)/t9-,11?/m0/s1. The van der Waals surface area contributed by atoms with E-state index in [1.165, 1.54) is 0 Å². The average Bonchev–Trinajstić information content (AvgIpc) is 2.73. The number of carbonyl (C=O) groups is 1. The van der Waals surface area contributed by atoms with E-state index in [9.17, 15) is 4.79 Å². The van der Waals surface area contributed by atoms with Gasteiger partial charge in [0.25, 0.3) is 0 Å². The fourth-order valence-corrected chi connectivity index (χ4v) is 1.83. The number of hydrogen-bond donors (Lipinski definition) is 2. The molecule has 18 heavy (non-hydrogen) atoms. The van der Waals surface area contributed by atoms with Crippen LogP contribution in [0.2, 0.25) is 0 Å². The van der Waals surface area contributed by atoms with E-state index in [1.807, 2.05) is 32.0 Å². The third-order valence-corrected chi connectivity index (χ3v) is 2.90. The van der Waals surface area contributed by atoms with Crippen LogP contribution >= 0.6 is 0 Å². The van der Waals surface area contributed by atoms with Gasteiger partial charge in [-0.25, -0.2) is 4.79 Å². The van der Waals surface area contributed by atoms with E-state index in [2.05, 4.69) is 5.32 Å². The second-order valence-electron chi connectivity index (χ2n) is 4.53. The molecule has 0 spiro atoms. The summed E-state index contributed by atoms with van der Waals surface area (Å²) >= 11 is 0. The summed E-state index contributed by atoms with van der Waals surface area (Å²) in [7, 11) is 0. The SMILES string of the molecule is Cc1cc([C@H](C)N)ccc1OCC1CNC(=O)O1. The van der Waals surface area contributed by atoms with Crippen molar-refractivity contribution in [1.82, 2.24) is 5.32 Å². The number of nitrogens with two attached hydrogens (primary N) is 1. The molecule has 0 radical (unpaired) electrons. The van der Waals surface area contributed by atoms with Crippen molar-refractivity contribution in [2.75, 3.05) is 13.2 Å². The Morgan fingerprint density at radius 3 is 2.94 bits per heavy atom. The number of cyclic esters (lactones) is 1. The Hall–Kier alpha value is -1.75. The van der Waals surface area contributed by atoms with Gasteiger partial charge < -0.3 is 20.5 Å². The molecule has 1 amide bonds. The van der Waals surface area contributed by atoms with Gasteiger partial charge in [-0.2, -0.15) is 0 Å². The maximum Gasteiger partial charge on any atom is 0.407 e. The Bertz CT molecular complexity index is 446. The van der Waals surface area contributed by atoms with E-state index in [-0.39, 0.29) is 18.2 Å². The lowest BCUT2D eigenvalue weighted by Gasteiger charge is -2.14. The van der Waals surface area contributed by atoms with Crippen molar-refractivity contribution in [3.05, 3.63) is 29.3 Å². The zero-order valence-corrected chi connectivity index (χ0v) is 10.6. The lowest BCUT2D eigenvalue weighted by Crippen LogP contribution is -2.22. The van der Waals surface area contributed by atoms with E-state index < -0.39 is 0 Å². The van der Waals surface area contributed by atoms with Gasteiger partial charge in [-0.1, -0.05) is 12.1 Å². The lowest BCUT2D eigenvalue weighted by molar-refractivity contribution is 0.104. The molecule has 0 aromatic heterocycles. The van der Waals surface area contributed by atoms with Gasteiger partial charge in [0, 0.05) is 6.04 Å². The van der Waals surface area contributed by atoms with Gasteiger partial charge in [-0.05, 0) is 31.0 Å². The van der Waals surface area contributed by atoms with Crippen LogP contribution in [0.15, 0.2) is 18.2 Å². The molecule has 0 aliphatic carbocycles. The highest BCUT2D eigenvalue weighted by Crippen LogP contribution is 2.22. The molecule has 1 saturated heterocycles. The van der Waals surface area contributed by atoms with Crippen molar-refractivity contribution in [3.8, 4) is 5.75 Å². The van der Waals surface area contributed by atoms with Crippen LogP contribution in [-0.4, -0.2) is 25.3 Å². The maximum atomic E-state index is 10.8. The molecular formula is C13H18N2O3. The number of benzene rings is 1. The minimum absolute atomic E-state index is 0.0118. The topological polar surface area (TPSA) is 73.6 Å². The molecule has 1 heterocycles. The van der Waals surface area contributed by atoms with Crippen LogP contribution < -0.4 is 15.8 Å². The van der Waals surface area contributed by atoms with E-state index >= 15 is 0 Å². The van der Waals surface area contributed by atoms with Gasteiger partial charge in [0.15, 0.2) is 6.10 Å². The van der Waals surface area contributed by atoms with Gasteiger partial charge in [-0.15, -0.1) is 0 Å². The van der Waals surface area contributed by atoms with Crippen LogP contribution in [0.4, 0.5) is 4.79 Å². The first-order valence-corrected chi connectivity index (χ1v) is 5.99. The Labute approximate surface area is 106 Å². The fraction of sp³-hybridized carbons (Fsp3) is 0.462. The summed E-state index contributed by atoms with van der Waals surface area (Å²) < 4.78 is 10.6. The predicted molar refractivity (Wildman–Crippen MR) is 67.5 cm³/mol. The van der Waals surface area contributed by atoms with E-state index in [4.69, 9.17) is 15.2 Å². The summed E-state index contributed by atoms with van der Waals surface area (Å²) in [4.78, 5) is 10.8. The highest BCUT2D eigenvalue weighted by atomic mass is 16.6. The Kier molecular flexibility index (Phi) is 3.72. The van der Waals surface area contributed by atoms with Gasteiger partial charge in [-0.3, -0.25) is 0 Å². The molecule has 1 aromatic rings. The number of amides is 1. The monoisotopic (exact) mass is 250 g/mol. The van der Waals surface area contributed by atoms with Gasteiger partial charge in [0.1, 0.15) is 12.4 Å². The minimum atomic E-state index is -0.382. The molecule has 2 atom stereocenters. The molecule has 1 unspecified atom stereocenters. The van der Waals surface area contributed by atoms with Crippen molar-refractivity contribution in [2.24, 2.45) is 5.73 Å². The van der Waals surface area contributed by atoms with Crippen molar-refractivity contribution < 1.29 is 14.3 Å². The number of hydrogen-bond acceptors (Lipinski definition) is 4. The molecular weight excluding hydrogens is 232 g/mol. The van der Waals surface area contributed by atoms with Crippen molar-refractivity contribution in [2.45, 2.75) is 26.0 Å². The van der Waals surface area contributed by atoms with Crippen LogP contribution in [0.5, 0.6) is 5.75 Å². The van der Waals surface area contributed by atoms with Crippen LogP contribution in [0.25, 0.3) is 0 Å². The molecule has 0 bridgehead atoms. The molecule has 98 valence electrons. The summed E-state index contributed by atoms with van der Waals surface area (Å²) in [5, 5.41) is 2.59. The maximum absolute atomic E-state index is 10.8. The average molecular weight is 250 g/mol. The summed E-state index contributed by atoms with van der Waals surface area (Å²) in [6.45, 7) is 4.77. The molecule has 3 N–H and O–H groups in total. The first kappa shape index (κ1) is 12.7. The number of nitrogens with one attached hydrogen (secondary N) is 1. The van der Waals surface area contributed by atoms with Crippen LogP contribution in [0.3, 0.4) is 0 Å². The molecule has 0 saturated carbocycles. The van der Waals surface area contributed by atoms with Crippen LogP contribution in [0, 0.1) is 6.92 Å². The number of rotatable bonds is 4. The van der Waals surface area contributed by atoms with Crippen LogP contribution in [-0.2, 0) is 4.74 Å². The molecule has 2 rings (SSSR count). The molecule has 1 fully saturated rings. The second-order valence-corrected chi connectivity index (χ2v) is 4.53. The lowest BCUT2D eigenvalue weighted by atomic mass is 10.1. The fourth-order valence-electron chi connectivity index (χ4n) is 1.83. The van der Waals surface area contributed by atoms with E-state index in [0.717, 1.165) is 16.9 Å². The number of alkyl carbamates (subject to hydrolysis) is 1. The Morgan fingerprint density at radius 2 is 2.39 bits per heavy atom. The van der Waals surface area contributed by atoms with Gasteiger partial charge in [0.2, 0.25) is 0 Å². The quantitative estimate of drug-likeness (QED) is 0.849. The number of aryl methyl sites for hydroxylation is 1. The third kappa shape index (κ3) is 2.92. The third-order valence-electron chi connectivity index (χ3n) is 2.90.